The first-order valence-corrected chi connectivity index (χ1v) is 8.61. The molecule has 3 N–H and O–H groups in total. The van der Waals surface area contributed by atoms with E-state index in [-0.39, 0.29) is 5.91 Å². The Morgan fingerprint density at radius 2 is 2.00 bits per heavy atom. The lowest BCUT2D eigenvalue weighted by atomic mass is 10.1. The Bertz CT molecular complexity index is 693. The molecule has 0 aliphatic heterocycles. The Morgan fingerprint density at radius 3 is 2.58 bits per heavy atom. The van der Waals surface area contributed by atoms with E-state index in [9.17, 15) is 4.79 Å². The molecule has 0 fully saturated rings. The van der Waals surface area contributed by atoms with E-state index in [2.05, 4.69) is 32.9 Å². The number of carbonyl (C=O) groups is 1. The van der Waals surface area contributed by atoms with Gasteiger partial charge in [-0.05, 0) is 24.6 Å². The Labute approximate surface area is 146 Å². The normalized spacial score (nSPS) is 11.2. The van der Waals surface area contributed by atoms with Crippen molar-refractivity contribution >= 4 is 23.2 Å². The van der Waals surface area contributed by atoms with Crippen LogP contribution in [0, 0.1) is 6.92 Å². The number of hydrogen-bond acceptors (Lipinski definition) is 4. The highest BCUT2D eigenvalue weighted by molar-refractivity contribution is 7.11. The van der Waals surface area contributed by atoms with Crippen LogP contribution in [0.5, 0.6) is 0 Å². The van der Waals surface area contributed by atoms with E-state index in [1.165, 1.54) is 4.88 Å². The summed E-state index contributed by atoms with van der Waals surface area (Å²) in [6.45, 7) is 3.48. The van der Waals surface area contributed by atoms with Crippen LogP contribution in [0.1, 0.15) is 25.8 Å². The van der Waals surface area contributed by atoms with Crippen LogP contribution in [0.25, 0.3) is 0 Å². The third kappa shape index (κ3) is 5.34. The van der Waals surface area contributed by atoms with Gasteiger partial charge in [0.2, 0.25) is 0 Å². The molecule has 1 amide bonds. The average molecular weight is 345 g/mol. The Kier molecular flexibility index (Phi) is 6.74. The molecule has 1 aromatic heterocycles. The summed E-state index contributed by atoms with van der Waals surface area (Å²) in [7, 11) is 3.37. The van der Waals surface area contributed by atoms with Crippen molar-refractivity contribution in [1.82, 2.24) is 20.9 Å². The van der Waals surface area contributed by atoms with E-state index >= 15 is 0 Å². The number of rotatable bonds is 6. The van der Waals surface area contributed by atoms with E-state index in [0.29, 0.717) is 12.1 Å². The summed E-state index contributed by atoms with van der Waals surface area (Å²) in [5, 5.41) is 10.3. The maximum Gasteiger partial charge on any atom is 0.251 e. The van der Waals surface area contributed by atoms with Crippen molar-refractivity contribution in [3.63, 3.8) is 0 Å². The highest BCUT2D eigenvalue weighted by Crippen LogP contribution is 2.10. The minimum atomic E-state index is -0.0793. The van der Waals surface area contributed by atoms with Crippen LogP contribution in [-0.2, 0) is 13.0 Å². The van der Waals surface area contributed by atoms with Crippen molar-refractivity contribution in [2.45, 2.75) is 19.9 Å². The Hall–Kier alpha value is -2.41. The van der Waals surface area contributed by atoms with E-state index in [4.69, 9.17) is 0 Å². The van der Waals surface area contributed by atoms with E-state index in [0.717, 1.165) is 29.5 Å². The summed E-state index contributed by atoms with van der Waals surface area (Å²) in [5.41, 5.74) is 1.74. The molecule has 0 radical (unpaired) electrons. The van der Waals surface area contributed by atoms with E-state index in [1.807, 2.05) is 30.5 Å². The standard InChI is InChI=1S/C17H23N5OS/c1-12-10-21-15(24-12)8-9-20-17(19-3)22-11-13-4-6-14(7-5-13)16(23)18-2/h4-7,10H,8-9,11H2,1-3H3,(H,18,23)(H2,19,20,22). The molecular weight excluding hydrogens is 322 g/mol. The molecule has 1 heterocycles. The van der Waals surface area contributed by atoms with Gasteiger partial charge in [-0.15, -0.1) is 11.3 Å². The van der Waals surface area contributed by atoms with Crippen molar-refractivity contribution < 1.29 is 4.79 Å². The molecule has 0 spiro atoms. The van der Waals surface area contributed by atoms with Gasteiger partial charge in [0.05, 0.1) is 5.01 Å². The highest BCUT2D eigenvalue weighted by atomic mass is 32.1. The molecular formula is C17H23N5OS. The summed E-state index contributed by atoms with van der Waals surface area (Å²) in [6.07, 6.45) is 2.77. The number of nitrogens with zero attached hydrogens (tertiary/aromatic N) is 2. The second-order valence-electron chi connectivity index (χ2n) is 5.24. The fraction of sp³-hybridized carbons (Fsp3) is 0.353. The molecule has 24 heavy (non-hydrogen) atoms. The summed E-state index contributed by atoms with van der Waals surface area (Å²) in [4.78, 5) is 21.3. The molecule has 2 rings (SSSR count). The lowest BCUT2D eigenvalue weighted by Crippen LogP contribution is -2.37. The molecule has 0 atom stereocenters. The number of thiazole rings is 1. The maximum absolute atomic E-state index is 11.5. The first kappa shape index (κ1) is 17.9. The van der Waals surface area contributed by atoms with Crippen molar-refractivity contribution in [3.05, 3.63) is 51.5 Å². The predicted octanol–water partition coefficient (Wildman–Crippen LogP) is 1.72. The Morgan fingerprint density at radius 1 is 1.25 bits per heavy atom. The zero-order chi connectivity index (χ0) is 17.4. The van der Waals surface area contributed by atoms with Crippen molar-refractivity contribution in [2.24, 2.45) is 4.99 Å². The molecule has 0 aliphatic carbocycles. The van der Waals surface area contributed by atoms with Gasteiger partial charge in [0, 0.05) is 50.2 Å². The molecule has 0 saturated heterocycles. The van der Waals surface area contributed by atoms with Gasteiger partial charge in [-0.1, -0.05) is 12.1 Å². The van der Waals surface area contributed by atoms with Crippen molar-refractivity contribution in [3.8, 4) is 0 Å². The Balaban J connectivity index is 1.77. The van der Waals surface area contributed by atoms with Crippen LogP contribution >= 0.6 is 11.3 Å². The number of aryl methyl sites for hydroxylation is 1. The van der Waals surface area contributed by atoms with Crippen LogP contribution in [0.4, 0.5) is 0 Å². The molecule has 0 aliphatic rings. The van der Waals surface area contributed by atoms with Crippen LogP contribution in [0.2, 0.25) is 0 Å². The fourth-order valence-corrected chi connectivity index (χ4v) is 2.92. The van der Waals surface area contributed by atoms with Crippen molar-refractivity contribution in [2.75, 3.05) is 20.6 Å². The first-order chi connectivity index (χ1) is 11.6. The topological polar surface area (TPSA) is 78.4 Å². The van der Waals surface area contributed by atoms with Crippen molar-refractivity contribution in [1.29, 1.82) is 0 Å². The molecule has 6 nitrogen and oxygen atoms in total. The van der Waals surface area contributed by atoms with Gasteiger partial charge in [-0.2, -0.15) is 0 Å². The number of carbonyl (C=O) groups excluding carboxylic acids is 1. The summed E-state index contributed by atoms with van der Waals surface area (Å²) < 4.78 is 0. The fourth-order valence-electron chi connectivity index (χ4n) is 2.13. The van der Waals surface area contributed by atoms with Gasteiger partial charge in [0.25, 0.3) is 5.91 Å². The van der Waals surface area contributed by atoms with E-state index < -0.39 is 0 Å². The van der Waals surface area contributed by atoms with Crippen LogP contribution in [0.15, 0.2) is 35.5 Å². The molecule has 1 aromatic carbocycles. The third-order valence-electron chi connectivity index (χ3n) is 3.43. The zero-order valence-corrected chi connectivity index (χ0v) is 15.0. The average Bonchev–Trinajstić information content (AvgIpc) is 3.03. The third-order valence-corrected chi connectivity index (χ3v) is 4.40. The number of aromatic nitrogens is 1. The van der Waals surface area contributed by atoms with Crippen LogP contribution in [-0.4, -0.2) is 37.5 Å². The number of hydrogen-bond donors (Lipinski definition) is 3. The van der Waals surface area contributed by atoms with Gasteiger partial charge in [-0.3, -0.25) is 9.79 Å². The number of nitrogens with one attached hydrogen (secondary N) is 3. The molecule has 0 saturated carbocycles. The molecule has 128 valence electrons. The summed E-state index contributed by atoms with van der Waals surface area (Å²) in [6, 6.07) is 7.50. The minimum absolute atomic E-state index is 0.0793. The lowest BCUT2D eigenvalue weighted by Gasteiger charge is -2.11. The van der Waals surface area contributed by atoms with Gasteiger partial charge < -0.3 is 16.0 Å². The highest BCUT2D eigenvalue weighted by Gasteiger charge is 2.04. The van der Waals surface area contributed by atoms with Gasteiger partial charge in [-0.25, -0.2) is 4.98 Å². The zero-order valence-electron chi connectivity index (χ0n) is 14.2. The summed E-state index contributed by atoms with van der Waals surface area (Å²) in [5.74, 6) is 0.670. The minimum Gasteiger partial charge on any atom is -0.356 e. The maximum atomic E-state index is 11.5. The predicted molar refractivity (Wildman–Crippen MR) is 98.6 cm³/mol. The quantitative estimate of drug-likeness (QED) is 0.550. The molecule has 7 heteroatoms. The largest absolute Gasteiger partial charge is 0.356 e. The first-order valence-electron chi connectivity index (χ1n) is 7.79. The summed E-state index contributed by atoms with van der Waals surface area (Å²) >= 11 is 1.72. The number of guanidine groups is 1. The number of benzene rings is 1. The van der Waals surface area contributed by atoms with Gasteiger partial charge in [0.1, 0.15) is 0 Å². The van der Waals surface area contributed by atoms with Crippen LogP contribution < -0.4 is 16.0 Å². The monoisotopic (exact) mass is 345 g/mol. The van der Waals surface area contributed by atoms with Gasteiger partial charge in [0.15, 0.2) is 5.96 Å². The molecule has 2 aromatic rings. The lowest BCUT2D eigenvalue weighted by molar-refractivity contribution is 0.0963. The second-order valence-corrected chi connectivity index (χ2v) is 6.56. The second kappa shape index (κ2) is 9.02. The molecule has 0 unspecified atom stereocenters. The number of amides is 1. The van der Waals surface area contributed by atoms with Gasteiger partial charge >= 0.3 is 0 Å². The smallest absolute Gasteiger partial charge is 0.251 e. The SMILES string of the molecule is CN=C(NCCc1ncc(C)s1)NCc1ccc(C(=O)NC)cc1. The molecule has 0 bridgehead atoms. The van der Waals surface area contributed by atoms with E-state index in [1.54, 1.807) is 25.4 Å². The number of aliphatic imine (C=N–C) groups is 1. The van der Waals surface area contributed by atoms with Crippen LogP contribution in [0.3, 0.4) is 0 Å².